The minimum Gasteiger partial charge on any atom is -0.355 e. The molecule has 0 spiro atoms. The summed E-state index contributed by atoms with van der Waals surface area (Å²) in [5.41, 5.74) is 0.374. The fraction of sp³-hybridized carbons (Fsp3) is 0.545. The van der Waals surface area contributed by atoms with E-state index in [1.807, 2.05) is 12.1 Å². The van der Waals surface area contributed by atoms with Crippen molar-refractivity contribution >= 4 is 5.82 Å². The summed E-state index contributed by atoms with van der Waals surface area (Å²) in [4.78, 5) is 2.23. The topological polar surface area (TPSA) is 52.8 Å². The number of aromatic nitrogens is 2. The summed E-state index contributed by atoms with van der Waals surface area (Å²) >= 11 is 0. The first-order chi connectivity index (χ1) is 7.20. The van der Waals surface area contributed by atoms with Gasteiger partial charge in [0.1, 0.15) is 6.07 Å². The van der Waals surface area contributed by atoms with Crippen LogP contribution in [0.15, 0.2) is 12.1 Å². The monoisotopic (exact) mass is 202 g/mol. The number of nitrogens with zero attached hydrogens (tertiary/aromatic N) is 4. The molecule has 0 N–H and O–H groups in total. The molecule has 2 heterocycles. The van der Waals surface area contributed by atoms with E-state index in [0.717, 1.165) is 18.9 Å². The zero-order chi connectivity index (χ0) is 10.8. The highest BCUT2D eigenvalue weighted by molar-refractivity contribution is 5.40. The molecule has 1 saturated heterocycles. The van der Waals surface area contributed by atoms with Gasteiger partial charge in [-0.2, -0.15) is 5.26 Å². The number of hydrogen-bond acceptors (Lipinski definition) is 4. The lowest BCUT2D eigenvalue weighted by Crippen LogP contribution is -2.21. The van der Waals surface area contributed by atoms with E-state index in [2.05, 4.69) is 28.9 Å². The third-order valence-corrected chi connectivity index (χ3v) is 3.08. The van der Waals surface area contributed by atoms with Crippen LogP contribution in [0.3, 0.4) is 0 Å². The molecule has 1 aromatic heterocycles. The van der Waals surface area contributed by atoms with Crippen LogP contribution in [0.5, 0.6) is 0 Å². The van der Waals surface area contributed by atoms with E-state index in [0.29, 0.717) is 17.5 Å². The van der Waals surface area contributed by atoms with Gasteiger partial charge in [0.05, 0.1) is 0 Å². The quantitative estimate of drug-likeness (QED) is 0.691. The van der Waals surface area contributed by atoms with Crippen LogP contribution >= 0.6 is 0 Å². The van der Waals surface area contributed by atoms with Crippen molar-refractivity contribution in [3.8, 4) is 6.07 Å². The van der Waals surface area contributed by atoms with E-state index >= 15 is 0 Å². The highest BCUT2D eigenvalue weighted by Gasteiger charge is 2.26. The van der Waals surface area contributed by atoms with E-state index in [1.165, 1.54) is 0 Å². The van der Waals surface area contributed by atoms with Crippen molar-refractivity contribution in [3.05, 3.63) is 17.8 Å². The summed E-state index contributed by atoms with van der Waals surface area (Å²) in [7, 11) is 0. The van der Waals surface area contributed by atoms with Crippen molar-refractivity contribution < 1.29 is 0 Å². The molecule has 2 atom stereocenters. The maximum absolute atomic E-state index is 8.61. The number of nitriles is 1. The Morgan fingerprint density at radius 2 is 1.93 bits per heavy atom. The van der Waals surface area contributed by atoms with Crippen LogP contribution in [0.2, 0.25) is 0 Å². The van der Waals surface area contributed by atoms with Gasteiger partial charge in [0.15, 0.2) is 11.5 Å². The lowest BCUT2D eigenvalue weighted by Gasteiger charge is -2.15. The molecule has 0 unspecified atom stereocenters. The first kappa shape index (κ1) is 9.91. The maximum Gasteiger partial charge on any atom is 0.163 e. The fourth-order valence-electron chi connectivity index (χ4n) is 1.87. The van der Waals surface area contributed by atoms with Gasteiger partial charge in [-0.05, 0) is 24.0 Å². The summed E-state index contributed by atoms with van der Waals surface area (Å²) < 4.78 is 0. The van der Waals surface area contributed by atoms with E-state index in [9.17, 15) is 0 Å². The molecule has 4 nitrogen and oxygen atoms in total. The number of hydrogen-bond donors (Lipinski definition) is 0. The minimum atomic E-state index is 0.374. The second-order valence-electron chi connectivity index (χ2n) is 4.25. The van der Waals surface area contributed by atoms with Gasteiger partial charge in [-0.25, -0.2) is 0 Å². The van der Waals surface area contributed by atoms with Crippen LogP contribution in [-0.4, -0.2) is 23.3 Å². The second-order valence-corrected chi connectivity index (χ2v) is 4.25. The van der Waals surface area contributed by atoms with Gasteiger partial charge >= 0.3 is 0 Å². The molecular weight excluding hydrogens is 188 g/mol. The van der Waals surface area contributed by atoms with Crippen molar-refractivity contribution in [1.82, 2.24) is 10.2 Å². The highest BCUT2D eigenvalue weighted by atomic mass is 15.3. The largest absolute Gasteiger partial charge is 0.355 e. The third-order valence-electron chi connectivity index (χ3n) is 3.08. The van der Waals surface area contributed by atoms with Crippen molar-refractivity contribution in [2.75, 3.05) is 18.0 Å². The predicted octanol–water partition coefficient (Wildman–Crippen LogP) is 1.44. The first-order valence-electron chi connectivity index (χ1n) is 5.19. The van der Waals surface area contributed by atoms with Crippen LogP contribution in [0, 0.1) is 23.2 Å². The zero-order valence-corrected chi connectivity index (χ0v) is 9.01. The summed E-state index contributed by atoms with van der Waals surface area (Å²) in [6.07, 6.45) is 0. The van der Waals surface area contributed by atoms with Crippen LogP contribution in [0.4, 0.5) is 5.82 Å². The average molecular weight is 202 g/mol. The van der Waals surface area contributed by atoms with Crippen molar-refractivity contribution in [1.29, 1.82) is 5.26 Å². The standard InChI is InChI=1S/C11H14N4/c1-8-6-15(7-9(8)2)11-4-3-10(5-12)13-14-11/h3-4,8-9H,6-7H2,1-2H3/t8-,9+. The van der Waals surface area contributed by atoms with Gasteiger partial charge in [-0.15, -0.1) is 10.2 Å². The van der Waals surface area contributed by atoms with E-state index in [1.54, 1.807) is 6.07 Å². The Morgan fingerprint density at radius 1 is 1.27 bits per heavy atom. The predicted molar refractivity (Wildman–Crippen MR) is 57.3 cm³/mol. The molecule has 0 radical (unpaired) electrons. The molecular formula is C11H14N4. The van der Waals surface area contributed by atoms with Gasteiger partial charge in [0.2, 0.25) is 0 Å². The zero-order valence-electron chi connectivity index (χ0n) is 9.01. The average Bonchev–Trinajstić information content (AvgIpc) is 2.59. The molecule has 1 aliphatic heterocycles. The highest BCUT2D eigenvalue weighted by Crippen LogP contribution is 2.25. The summed E-state index contributed by atoms with van der Waals surface area (Å²) in [6, 6.07) is 5.56. The Morgan fingerprint density at radius 3 is 2.40 bits per heavy atom. The Kier molecular flexibility index (Phi) is 2.55. The molecule has 0 amide bonds. The summed E-state index contributed by atoms with van der Waals surface area (Å²) in [6.45, 7) is 6.56. The third kappa shape index (κ3) is 1.91. The molecule has 0 aliphatic carbocycles. The molecule has 2 rings (SSSR count). The van der Waals surface area contributed by atoms with E-state index < -0.39 is 0 Å². The summed E-state index contributed by atoms with van der Waals surface area (Å²) in [5, 5.41) is 16.5. The Balaban J connectivity index is 2.14. The van der Waals surface area contributed by atoms with E-state index in [-0.39, 0.29) is 0 Å². The lowest BCUT2D eigenvalue weighted by molar-refractivity contribution is 0.494. The Bertz CT molecular complexity index is 369. The van der Waals surface area contributed by atoms with Crippen LogP contribution in [0.25, 0.3) is 0 Å². The molecule has 0 aromatic carbocycles. The van der Waals surface area contributed by atoms with Crippen LogP contribution in [0.1, 0.15) is 19.5 Å². The Labute approximate surface area is 89.5 Å². The summed E-state index contributed by atoms with van der Waals surface area (Å²) in [5.74, 6) is 2.27. The fourth-order valence-corrected chi connectivity index (χ4v) is 1.87. The van der Waals surface area contributed by atoms with Gasteiger partial charge in [0, 0.05) is 13.1 Å². The van der Waals surface area contributed by atoms with Crippen molar-refractivity contribution in [2.24, 2.45) is 11.8 Å². The molecule has 4 heteroatoms. The normalized spacial score (nSPS) is 25.3. The molecule has 0 bridgehead atoms. The molecule has 0 saturated carbocycles. The Hall–Kier alpha value is -1.63. The molecule has 1 fully saturated rings. The minimum absolute atomic E-state index is 0.374. The van der Waals surface area contributed by atoms with Crippen molar-refractivity contribution in [2.45, 2.75) is 13.8 Å². The molecule has 1 aliphatic rings. The van der Waals surface area contributed by atoms with Gasteiger partial charge < -0.3 is 4.90 Å². The molecule has 15 heavy (non-hydrogen) atoms. The van der Waals surface area contributed by atoms with E-state index in [4.69, 9.17) is 5.26 Å². The van der Waals surface area contributed by atoms with Gasteiger partial charge in [-0.1, -0.05) is 13.8 Å². The SMILES string of the molecule is C[C@@H]1CN(c2ccc(C#N)nn2)C[C@@H]1C. The van der Waals surface area contributed by atoms with Gasteiger partial charge in [0.25, 0.3) is 0 Å². The van der Waals surface area contributed by atoms with Gasteiger partial charge in [-0.3, -0.25) is 0 Å². The lowest BCUT2D eigenvalue weighted by atomic mass is 10.0. The van der Waals surface area contributed by atoms with Crippen LogP contribution in [-0.2, 0) is 0 Å². The molecule has 1 aromatic rings. The van der Waals surface area contributed by atoms with Crippen LogP contribution < -0.4 is 4.90 Å². The number of rotatable bonds is 1. The maximum atomic E-state index is 8.61. The molecule has 78 valence electrons. The number of anilines is 1. The smallest absolute Gasteiger partial charge is 0.163 e. The second kappa shape index (κ2) is 3.85. The first-order valence-corrected chi connectivity index (χ1v) is 5.19. The van der Waals surface area contributed by atoms with Crippen molar-refractivity contribution in [3.63, 3.8) is 0 Å².